The van der Waals surface area contributed by atoms with Crippen molar-refractivity contribution in [2.45, 2.75) is 0 Å². The third-order valence-corrected chi connectivity index (χ3v) is 3.73. The number of nitrogens with zero attached hydrogens (tertiary/aromatic N) is 1. The Kier molecular flexibility index (Phi) is 5.49. The molecule has 0 amide bonds. The zero-order valence-corrected chi connectivity index (χ0v) is 13.9. The molecule has 3 aromatic rings. The fraction of sp³-hybridized carbons (Fsp3) is 0. The third kappa shape index (κ3) is 3.62. The second-order valence-corrected chi connectivity index (χ2v) is 5.50. The summed E-state index contributed by atoms with van der Waals surface area (Å²) in [6, 6.07) is 16.7. The van der Waals surface area contributed by atoms with Gasteiger partial charge < -0.3 is 4.84 Å². The molecule has 0 heterocycles. The zero-order valence-electron chi connectivity index (χ0n) is 13.9. The van der Waals surface area contributed by atoms with E-state index in [1.807, 2.05) is 0 Å². The number of rotatable bonds is 4. The number of carbonyl (C=O) groups is 1. The molecule has 0 fully saturated rings. The van der Waals surface area contributed by atoms with Crippen LogP contribution in [-0.4, -0.2) is 11.7 Å². The monoisotopic (exact) mass is 391 g/mol. The van der Waals surface area contributed by atoms with Crippen molar-refractivity contribution in [3.8, 4) is 0 Å². The highest BCUT2D eigenvalue weighted by molar-refractivity contribution is 6.12. The van der Waals surface area contributed by atoms with E-state index >= 15 is 0 Å². The normalized spacial score (nSPS) is 10.5. The molecular formula is C20H10F5NO2. The van der Waals surface area contributed by atoms with Gasteiger partial charge in [0.2, 0.25) is 5.82 Å². The van der Waals surface area contributed by atoms with Crippen molar-refractivity contribution in [2.24, 2.45) is 5.16 Å². The second kappa shape index (κ2) is 7.99. The highest BCUT2D eigenvalue weighted by Gasteiger charge is 2.31. The van der Waals surface area contributed by atoms with Crippen molar-refractivity contribution < 1.29 is 31.6 Å². The average Bonchev–Trinajstić information content (AvgIpc) is 2.72. The Hall–Kier alpha value is -3.55. The van der Waals surface area contributed by atoms with E-state index in [9.17, 15) is 26.7 Å². The molecule has 0 N–H and O–H groups in total. The van der Waals surface area contributed by atoms with Gasteiger partial charge in [-0.2, -0.15) is 0 Å². The smallest absolute Gasteiger partial charge is 0.312 e. The molecule has 0 aliphatic carbocycles. The molecule has 0 radical (unpaired) electrons. The molecule has 0 aliphatic heterocycles. The van der Waals surface area contributed by atoms with Gasteiger partial charge in [0.1, 0.15) is 11.3 Å². The summed E-state index contributed by atoms with van der Waals surface area (Å²) in [7, 11) is 0. The van der Waals surface area contributed by atoms with E-state index in [1.54, 1.807) is 60.7 Å². The minimum absolute atomic E-state index is 0.124. The van der Waals surface area contributed by atoms with Gasteiger partial charge in [-0.05, 0) is 0 Å². The Bertz CT molecular complexity index is 983. The topological polar surface area (TPSA) is 38.7 Å². The van der Waals surface area contributed by atoms with E-state index in [2.05, 4.69) is 9.99 Å². The summed E-state index contributed by atoms with van der Waals surface area (Å²) < 4.78 is 67.2. The lowest BCUT2D eigenvalue weighted by atomic mass is 10.0. The Morgan fingerprint density at radius 2 is 1.04 bits per heavy atom. The van der Waals surface area contributed by atoms with Crippen LogP contribution in [0.3, 0.4) is 0 Å². The van der Waals surface area contributed by atoms with Gasteiger partial charge in [0.25, 0.3) is 0 Å². The first-order valence-corrected chi connectivity index (χ1v) is 7.83. The number of hydrogen-bond donors (Lipinski definition) is 0. The quantitative estimate of drug-likeness (QED) is 0.157. The first-order chi connectivity index (χ1) is 13.4. The first kappa shape index (κ1) is 19.2. The highest BCUT2D eigenvalue weighted by Crippen LogP contribution is 2.24. The van der Waals surface area contributed by atoms with Gasteiger partial charge in [0.05, 0.1) is 0 Å². The van der Waals surface area contributed by atoms with Gasteiger partial charge in [-0.15, -0.1) is 0 Å². The Morgan fingerprint density at radius 3 is 1.46 bits per heavy atom. The molecular weight excluding hydrogens is 381 g/mol. The highest BCUT2D eigenvalue weighted by atomic mass is 19.2. The number of benzene rings is 3. The predicted octanol–water partition coefficient (Wildman–Crippen LogP) is 4.99. The zero-order chi connectivity index (χ0) is 20.3. The van der Waals surface area contributed by atoms with Gasteiger partial charge >= 0.3 is 5.97 Å². The maximum Gasteiger partial charge on any atom is 0.371 e. The van der Waals surface area contributed by atoms with Crippen molar-refractivity contribution in [3.63, 3.8) is 0 Å². The van der Waals surface area contributed by atoms with Gasteiger partial charge in [0.15, 0.2) is 23.3 Å². The lowest BCUT2D eigenvalue weighted by Gasteiger charge is -2.08. The number of carbonyl (C=O) groups excluding carboxylic acids is 1. The van der Waals surface area contributed by atoms with E-state index < -0.39 is 40.6 Å². The summed E-state index contributed by atoms with van der Waals surface area (Å²) in [5, 5.41) is 3.60. The molecule has 0 bridgehead atoms. The average molecular weight is 391 g/mol. The molecule has 0 aromatic heterocycles. The summed E-state index contributed by atoms with van der Waals surface area (Å²) in [6.45, 7) is 0. The summed E-state index contributed by atoms with van der Waals surface area (Å²) in [5.41, 5.74) is -0.600. The molecule has 28 heavy (non-hydrogen) atoms. The summed E-state index contributed by atoms with van der Waals surface area (Å²) in [6.07, 6.45) is 0. The number of oxime groups is 1. The molecule has 142 valence electrons. The van der Waals surface area contributed by atoms with E-state index in [0.717, 1.165) is 0 Å². The Labute approximate surface area is 155 Å². The SMILES string of the molecule is O=C(ON=C(c1ccccc1)c1ccccc1)c1c(F)c(F)c(F)c(F)c1F. The van der Waals surface area contributed by atoms with Crippen LogP contribution in [0.1, 0.15) is 21.5 Å². The number of halogens is 5. The van der Waals surface area contributed by atoms with E-state index in [1.165, 1.54) is 0 Å². The van der Waals surface area contributed by atoms with Crippen molar-refractivity contribution in [1.29, 1.82) is 0 Å². The Morgan fingerprint density at radius 1 is 0.643 bits per heavy atom. The van der Waals surface area contributed by atoms with Crippen LogP contribution in [0, 0.1) is 29.1 Å². The molecule has 3 aromatic carbocycles. The molecule has 3 nitrogen and oxygen atoms in total. The maximum atomic E-state index is 13.8. The minimum Gasteiger partial charge on any atom is -0.312 e. The summed E-state index contributed by atoms with van der Waals surface area (Å²) in [4.78, 5) is 16.5. The van der Waals surface area contributed by atoms with Crippen LogP contribution in [0.4, 0.5) is 22.0 Å². The van der Waals surface area contributed by atoms with E-state index in [0.29, 0.717) is 11.1 Å². The molecule has 0 aliphatic rings. The fourth-order valence-corrected chi connectivity index (χ4v) is 2.38. The van der Waals surface area contributed by atoms with Crippen LogP contribution in [0.15, 0.2) is 65.8 Å². The van der Waals surface area contributed by atoms with Crippen LogP contribution >= 0.6 is 0 Å². The van der Waals surface area contributed by atoms with Gasteiger partial charge in [-0.25, -0.2) is 26.7 Å². The van der Waals surface area contributed by atoms with Crippen LogP contribution in [0.5, 0.6) is 0 Å². The van der Waals surface area contributed by atoms with Crippen LogP contribution in [-0.2, 0) is 4.84 Å². The molecule has 0 saturated heterocycles. The van der Waals surface area contributed by atoms with Crippen LogP contribution in [0.2, 0.25) is 0 Å². The van der Waals surface area contributed by atoms with Crippen molar-refractivity contribution in [1.82, 2.24) is 0 Å². The van der Waals surface area contributed by atoms with Gasteiger partial charge in [0, 0.05) is 11.1 Å². The van der Waals surface area contributed by atoms with Crippen molar-refractivity contribution in [2.75, 3.05) is 0 Å². The summed E-state index contributed by atoms with van der Waals surface area (Å²) >= 11 is 0. The Balaban J connectivity index is 2.02. The lowest BCUT2D eigenvalue weighted by Crippen LogP contribution is -2.15. The first-order valence-electron chi connectivity index (χ1n) is 7.83. The van der Waals surface area contributed by atoms with Crippen molar-refractivity contribution in [3.05, 3.63) is 106 Å². The standard InChI is InChI=1S/C20H10F5NO2/c21-14-13(15(22)17(24)18(25)16(14)23)20(27)28-26-19(11-7-3-1-4-8-11)12-9-5-2-6-10-12/h1-10H. The predicted molar refractivity (Wildman–Crippen MR) is 90.2 cm³/mol. The fourth-order valence-electron chi connectivity index (χ4n) is 2.38. The molecule has 0 saturated carbocycles. The van der Waals surface area contributed by atoms with E-state index in [-0.39, 0.29) is 5.71 Å². The molecule has 8 heteroatoms. The maximum absolute atomic E-state index is 13.8. The van der Waals surface area contributed by atoms with E-state index in [4.69, 9.17) is 0 Å². The van der Waals surface area contributed by atoms with Crippen molar-refractivity contribution >= 4 is 11.7 Å². The molecule has 0 unspecified atom stereocenters. The lowest BCUT2D eigenvalue weighted by molar-refractivity contribution is 0.0502. The third-order valence-electron chi connectivity index (χ3n) is 3.73. The summed E-state index contributed by atoms with van der Waals surface area (Å²) in [5.74, 6) is -13.3. The van der Waals surface area contributed by atoms with Crippen LogP contribution < -0.4 is 0 Å². The molecule has 0 spiro atoms. The molecule has 0 atom stereocenters. The largest absolute Gasteiger partial charge is 0.371 e. The van der Waals surface area contributed by atoms with Crippen LogP contribution in [0.25, 0.3) is 0 Å². The molecule has 3 rings (SSSR count). The minimum atomic E-state index is -2.37. The van der Waals surface area contributed by atoms with Gasteiger partial charge in [-0.1, -0.05) is 65.8 Å². The second-order valence-electron chi connectivity index (χ2n) is 5.50. The number of hydrogen-bond acceptors (Lipinski definition) is 3. The van der Waals surface area contributed by atoms with Gasteiger partial charge in [-0.3, -0.25) is 0 Å².